The van der Waals surface area contributed by atoms with Gasteiger partial charge in [-0.05, 0) is 13.8 Å². The maximum Gasteiger partial charge on any atom is 0.133 e. The second kappa shape index (κ2) is 5.80. The Hall–Kier alpha value is -1.65. The molecule has 1 aromatic rings. The highest BCUT2D eigenvalue weighted by Gasteiger charge is 2.14. The molecule has 1 heterocycles. The molecule has 0 aliphatic carbocycles. The predicted octanol–water partition coefficient (Wildman–Crippen LogP) is 2.06. The lowest BCUT2D eigenvalue weighted by molar-refractivity contribution is 0.685. The molecule has 0 fully saturated rings. The molecule has 0 radical (unpaired) electrons. The standard InChI is InChI=1S/C13H23N5/c1-8(2)13-16-9(3)6-12(17-13)18(5)10(4)7-11(14)15/h6,8,10H,7H2,1-5H3,(H3,14,15). The number of nitrogens with two attached hydrogens (primary N) is 1. The number of aromatic nitrogens is 2. The van der Waals surface area contributed by atoms with Crippen molar-refractivity contribution >= 4 is 11.7 Å². The molecule has 0 spiro atoms. The average Bonchev–Trinajstić information content (AvgIpc) is 2.26. The monoisotopic (exact) mass is 249 g/mol. The van der Waals surface area contributed by atoms with E-state index in [2.05, 4.69) is 23.8 Å². The van der Waals surface area contributed by atoms with Gasteiger partial charge in [0.1, 0.15) is 11.6 Å². The molecule has 0 aliphatic heterocycles. The Bertz CT molecular complexity index is 427. The van der Waals surface area contributed by atoms with Crippen LogP contribution in [0.3, 0.4) is 0 Å². The molecule has 5 nitrogen and oxygen atoms in total. The Morgan fingerprint density at radius 2 is 2.00 bits per heavy atom. The molecule has 0 aromatic carbocycles. The van der Waals surface area contributed by atoms with E-state index in [-0.39, 0.29) is 11.9 Å². The number of nitrogens with zero attached hydrogens (tertiary/aromatic N) is 3. The van der Waals surface area contributed by atoms with Crippen LogP contribution in [-0.4, -0.2) is 28.9 Å². The van der Waals surface area contributed by atoms with E-state index in [4.69, 9.17) is 11.1 Å². The molecule has 3 N–H and O–H groups in total. The number of amidine groups is 1. The minimum absolute atomic E-state index is 0.150. The highest BCUT2D eigenvalue weighted by Crippen LogP contribution is 2.18. The van der Waals surface area contributed by atoms with Crippen molar-refractivity contribution < 1.29 is 0 Å². The Balaban J connectivity index is 2.97. The molecular formula is C13H23N5. The van der Waals surface area contributed by atoms with Crippen LogP contribution in [0.15, 0.2) is 6.07 Å². The van der Waals surface area contributed by atoms with Gasteiger partial charge < -0.3 is 10.6 Å². The maximum atomic E-state index is 7.35. The summed E-state index contributed by atoms with van der Waals surface area (Å²) in [5.74, 6) is 2.25. The zero-order valence-corrected chi connectivity index (χ0v) is 11.9. The van der Waals surface area contributed by atoms with Crippen molar-refractivity contribution in [1.29, 1.82) is 5.41 Å². The number of nitrogens with one attached hydrogen (secondary N) is 1. The fraction of sp³-hybridized carbons (Fsp3) is 0.615. The van der Waals surface area contributed by atoms with Crippen molar-refractivity contribution in [3.8, 4) is 0 Å². The van der Waals surface area contributed by atoms with Gasteiger partial charge >= 0.3 is 0 Å². The molecule has 0 saturated carbocycles. The van der Waals surface area contributed by atoms with E-state index < -0.39 is 0 Å². The van der Waals surface area contributed by atoms with Gasteiger partial charge in [0.05, 0.1) is 5.84 Å². The summed E-state index contributed by atoms with van der Waals surface area (Å²) in [4.78, 5) is 11.0. The van der Waals surface area contributed by atoms with Crippen molar-refractivity contribution in [2.75, 3.05) is 11.9 Å². The Kier molecular flexibility index (Phi) is 4.64. The summed E-state index contributed by atoms with van der Waals surface area (Å²) in [5, 5.41) is 7.35. The predicted molar refractivity (Wildman–Crippen MR) is 75.3 cm³/mol. The van der Waals surface area contributed by atoms with Gasteiger partial charge in [-0.25, -0.2) is 9.97 Å². The van der Waals surface area contributed by atoms with Gasteiger partial charge in [-0.15, -0.1) is 0 Å². The van der Waals surface area contributed by atoms with Crippen molar-refractivity contribution in [1.82, 2.24) is 9.97 Å². The van der Waals surface area contributed by atoms with E-state index in [0.29, 0.717) is 12.3 Å². The van der Waals surface area contributed by atoms with Crippen LogP contribution in [-0.2, 0) is 0 Å². The summed E-state index contributed by atoms with van der Waals surface area (Å²) >= 11 is 0. The molecule has 1 rings (SSSR count). The van der Waals surface area contributed by atoms with E-state index in [0.717, 1.165) is 17.3 Å². The molecule has 5 heteroatoms. The summed E-state index contributed by atoms with van der Waals surface area (Å²) in [6.45, 7) is 8.17. The van der Waals surface area contributed by atoms with E-state index in [1.165, 1.54) is 0 Å². The average molecular weight is 249 g/mol. The summed E-state index contributed by atoms with van der Waals surface area (Å²) in [6.07, 6.45) is 0.538. The molecular weight excluding hydrogens is 226 g/mol. The first-order valence-corrected chi connectivity index (χ1v) is 6.22. The number of hydrogen-bond acceptors (Lipinski definition) is 4. The van der Waals surface area contributed by atoms with Gasteiger partial charge in [0.15, 0.2) is 0 Å². The van der Waals surface area contributed by atoms with Crippen LogP contribution < -0.4 is 10.6 Å². The Morgan fingerprint density at radius 3 is 2.50 bits per heavy atom. The highest BCUT2D eigenvalue weighted by molar-refractivity contribution is 5.77. The van der Waals surface area contributed by atoms with Gasteiger partial charge in [-0.1, -0.05) is 13.8 Å². The molecule has 0 bridgehead atoms. The van der Waals surface area contributed by atoms with Gasteiger partial charge in [-0.3, -0.25) is 5.41 Å². The molecule has 1 unspecified atom stereocenters. The first-order valence-electron chi connectivity index (χ1n) is 6.22. The number of hydrogen-bond donors (Lipinski definition) is 2. The molecule has 0 aliphatic rings. The molecule has 1 aromatic heterocycles. The molecule has 18 heavy (non-hydrogen) atoms. The number of anilines is 1. The largest absolute Gasteiger partial charge is 0.388 e. The third-order valence-electron chi connectivity index (χ3n) is 2.91. The summed E-state index contributed by atoms with van der Waals surface area (Å²) in [5.41, 5.74) is 6.40. The molecule has 100 valence electrons. The Labute approximate surface area is 109 Å². The second-order valence-electron chi connectivity index (χ2n) is 5.07. The van der Waals surface area contributed by atoms with Gasteiger partial charge in [-0.2, -0.15) is 0 Å². The third-order valence-corrected chi connectivity index (χ3v) is 2.91. The topological polar surface area (TPSA) is 78.9 Å². The van der Waals surface area contributed by atoms with Crippen molar-refractivity contribution in [3.63, 3.8) is 0 Å². The van der Waals surface area contributed by atoms with Crippen LogP contribution in [0.1, 0.15) is 44.6 Å². The first kappa shape index (κ1) is 14.4. The first-order chi connectivity index (χ1) is 8.31. The smallest absolute Gasteiger partial charge is 0.133 e. The fourth-order valence-corrected chi connectivity index (χ4v) is 1.69. The molecule has 1 atom stereocenters. The third kappa shape index (κ3) is 3.68. The minimum atomic E-state index is 0.150. The van der Waals surface area contributed by atoms with E-state index in [1.807, 2.05) is 31.9 Å². The zero-order valence-electron chi connectivity index (χ0n) is 11.9. The summed E-state index contributed by atoms with van der Waals surface area (Å²) in [7, 11) is 1.97. The molecule has 0 amide bonds. The maximum absolute atomic E-state index is 7.35. The Morgan fingerprint density at radius 1 is 1.39 bits per heavy atom. The van der Waals surface area contributed by atoms with Crippen LogP contribution >= 0.6 is 0 Å². The van der Waals surface area contributed by atoms with Crippen LogP contribution in [0.4, 0.5) is 5.82 Å². The van der Waals surface area contributed by atoms with Gasteiger partial charge in [0.2, 0.25) is 0 Å². The van der Waals surface area contributed by atoms with E-state index in [9.17, 15) is 0 Å². The highest BCUT2D eigenvalue weighted by atomic mass is 15.2. The zero-order chi connectivity index (χ0) is 13.9. The van der Waals surface area contributed by atoms with E-state index in [1.54, 1.807) is 0 Å². The number of aryl methyl sites for hydroxylation is 1. The van der Waals surface area contributed by atoms with Crippen molar-refractivity contribution in [2.45, 2.75) is 46.1 Å². The lowest BCUT2D eigenvalue weighted by atomic mass is 10.2. The second-order valence-corrected chi connectivity index (χ2v) is 5.07. The minimum Gasteiger partial charge on any atom is -0.388 e. The number of rotatable bonds is 5. The van der Waals surface area contributed by atoms with Crippen LogP contribution in [0.25, 0.3) is 0 Å². The quantitative estimate of drug-likeness (QED) is 0.618. The van der Waals surface area contributed by atoms with Crippen molar-refractivity contribution in [3.05, 3.63) is 17.6 Å². The normalized spacial score (nSPS) is 12.6. The fourth-order valence-electron chi connectivity index (χ4n) is 1.69. The van der Waals surface area contributed by atoms with Crippen LogP contribution in [0.5, 0.6) is 0 Å². The summed E-state index contributed by atoms with van der Waals surface area (Å²) in [6, 6.07) is 2.11. The van der Waals surface area contributed by atoms with Gasteiger partial charge in [0.25, 0.3) is 0 Å². The lowest BCUT2D eigenvalue weighted by Gasteiger charge is -2.26. The summed E-state index contributed by atoms with van der Waals surface area (Å²) < 4.78 is 0. The van der Waals surface area contributed by atoms with E-state index >= 15 is 0 Å². The van der Waals surface area contributed by atoms with Crippen LogP contribution in [0.2, 0.25) is 0 Å². The molecule has 0 saturated heterocycles. The lowest BCUT2D eigenvalue weighted by Crippen LogP contribution is -2.33. The van der Waals surface area contributed by atoms with Gasteiger partial charge in [0, 0.05) is 37.2 Å². The SMILES string of the molecule is Cc1cc(N(C)C(C)CC(=N)N)nc(C(C)C)n1. The van der Waals surface area contributed by atoms with Crippen LogP contribution in [0, 0.1) is 12.3 Å². The van der Waals surface area contributed by atoms with Crippen molar-refractivity contribution in [2.24, 2.45) is 5.73 Å².